The van der Waals surface area contributed by atoms with Crippen LogP contribution >= 0.6 is 0 Å². The third-order valence-electron chi connectivity index (χ3n) is 2.78. The SMILES string of the molecule is CCc1ccc(Nc2cc(N(C)C#N)ncn2)cc1. The minimum Gasteiger partial charge on any atom is -0.340 e. The van der Waals surface area contributed by atoms with Crippen molar-refractivity contribution in [2.24, 2.45) is 0 Å². The molecule has 5 nitrogen and oxygen atoms in total. The standard InChI is InChI=1S/C14H15N5/c1-3-11-4-6-12(7-5-11)18-13-8-14(17-10-16-13)19(2)9-15/h4-8,10H,3H2,1-2H3,(H,16,17,18). The molecule has 0 saturated heterocycles. The summed E-state index contributed by atoms with van der Waals surface area (Å²) in [5.41, 5.74) is 2.25. The third kappa shape index (κ3) is 3.19. The number of nitriles is 1. The number of nitrogens with one attached hydrogen (secondary N) is 1. The van der Waals surface area contributed by atoms with Crippen LogP contribution in [0.4, 0.5) is 17.3 Å². The number of rotatable bonds is 4. The topological polar surface area (TPSA) is 64.8 Å². The van der Waals surface area contributed by atoms with Gasteiger partial charge in [0, 0.05) is 18.8 Å². The molecule has 0 radical (unpaired) electrons. The molecule has 1 aromatic heterocycles. The van der Waals surface area contributed by atoms with Crippen LogP contribution in [0.25, 0.3) is 0 Å². The van der Waals surface area contributed by atoms with Crippen LogP contribution in [-0.2, 0) is 6.42 Å². The predicted octanol–water partition coefficient (Wildman–Crippen LogP) is 2.70. The van der Waals surface area contributed by atoms with Crippen molar-refractivity contribution < 1.29 is 0 Å². The van der Waals surface area contributed by atoms with Crippen molar-refractivity contribution in [2.45, 2.75) is 13.3 Å². The molecule has 0 fully saturated rings. The Balaban J connectivity index is 2.16. The summed E-state index contributed by atoms with van der Waals surface area (Å²) in [7, 11) is 1.65. The van der Waals surface area contributed by atoms with E-state index in [1.165, 1.54) is 16.8 Å². The van der Waals surface area contributed by atoms with Crippen molar-refractivity contribution >= 4 is 17.3 Å². The Kier molecular flexibility index (Phi) is 3.94. The summed E-state index contributed by atoms with van der Waals surface area (Å²) in [6.45, 7) is 2.12. The van der Waals surface area contributed by atoms with Gasteiger partial charge in [-0.05, 0) is 24.1 Å². The predicted molar refractivity (Wildman–Crippen MR) is 75.2 cm³/mol. The largest absolute Gasteiger partial charge is 0.340 e. The Bertz CT molecular complexity index is 586. The summed E-state index contributed by atoms with van der Waals surface area (Å²) in [6.07, 6.45) is 4.46. The van der Waals surface area contributed by atoms with Gasteiger partial charge >= 0.3 is 0 Å². The van der Waals surface area contributed by atoms with Gasteiger partial charge in [-0.25, -0.2) is 9.97 Å². The van der Waals surface area contributed by atoms with Gasteiger partial charge < -0.3 is 5.32 Å². The van der Waals surface area contributed by atoms with Gasteiger partial charge in [0.05, 0.1) is 0 Å². The lowest BCUT2D eigenvalue weighted by Crippen LogP contribution is -2.10. The molecule has 1 N–H and O–H groups in total. The van der Waals surface area contributed by atoms with E-state index in [1.807, 2.05) is 18.3 Å². The summed E-state index contributed by atoms with van der Waals surface area (Å²) >= 11 is 0. The first-order chi connectivity index (χ1) is 9.22. The zero-order valence-corrected chi connectivity index (χ0v) is 11.0. The van der Waals surface area contributed by atoms with Crippen LogP contribution in [-0.4, -0.2) is 17.0 Å². The molecule has 19 heavy (non-hydrogen) atoms. The fourth-order valence-electron chi connectivity index (χ4n) is 1.62. The summed E-state index contributed by atoms with van der Waals surface area (Å²) in [4.78, 5) is 9.55. The fourth-order valence-corrected chi connectivity index (χ4v) is 1.62. The van der Waals surface area contributed by atoms with Crippen LogP contribution in [0.2, 0.25) is 0 Å². The van der Waals surface area contributed by atoms with Gasteiger partial charge in [-0.3, -0.25) is 4.90 Å². The molecule has 0 aliphatic heterocycles. The maximum Gasteiger partial charge on any atom is 0.185 e. The number of hydrogen-bond acceptors (Lipinski definition) is 5. The highest BCUT2D eigenvalue weighted by Crippen LogP contribution is 2.18. The maximum absolute atomic E-state index is 8.82. The Hall–Kier alpha value is -2.61. The molecular weight excluding hydrogens is 238 g/mol. The second kappa shape index (κ2) is 5.83. The number of aromatic nitrogens is 2. The highest BCUT2D eigenvalue weighted by molar-refractivity contribution is 5.60. The van der Waals surface area contributed by atoms with Gasteiger partial charge in [0.2, 0.25) is 0 Å². The summed E-state index contributed by atoms with van der Waals surface area (Å²) in [6, 6.07) is 9.90. The molecule has 1 heterocycles. The van der Waals surface area contributed by atoms with E-state index in [0.717, 1.165) is 12.1 Å². The van der Waals surface area contributed by atoms with E-state index in [2.05, 4.69) is 34.3 Å². The van der Waals surface area contributed by atoms with Crippen molar-refractivity contribution in [2.75, 3.05) is 17.3 Å². The van der Waals surface area contributed by atoms with Gasteiger partial charge in [-0.1, -0.05) is 19.1 Å². The minimum absolute atomic E-state index is 0.560. The van der Waals surface area contributed by atoms with Crippen molar-refractivity contribution in [1.29, 1.82) is 5.26 Å². The first-order valence-corrected chi connectivity index (χ1v) is 6.04. The van der Waals surface area contributed by atoms with Crippen LogP contribution in [0.1, 0.15) is 12.5 Å². The summed E-state index contributed by atoms with van der Waals surface area (Å²) in [5.74, 6) is 1.22. The molecule has 5 heteroatoms. The molecule has 2 aromatic rings. The molecule has 0 atom stereocenters. The number of anilines is 3. The molecule has 0 amide bonds. The van der Waals surface area contributed by atoms with E-state index in [9.17, 15) is 0 Å². The highest BCUT2D eigenvalue weighted by atomic mass is 15.2. The Labute approximate surface area is 112 Å². The van der Waals surface area contributed by atoms with Crippen LogP contribution in [0.3, 0.4) is 0 Å². The Morgan fingerprint density at radius 1 is 1.26 bits per heavy atom. The van der Waals surface area contributed by atoms with Crippen molar-refractivity contribution in [3.8, 4) is 6.19 Å². The molecule has 0 unspecified atom stereocenters. The molecular formula is C14H15N5. The third-order valence-corrected chi connectivity index (χ3v) is 2.78. The molecule has 0 bridgehead atoms. The van der Waals surface area contributed by atoms with Crippen molar-refractivity contribution in [3.63, 3.8) is 0 Å². The van der Waals surface area contributed by atoms with E-state index >= 15 is 0 Å². The lowest BCUT2D eigenvalue weighted by molar-refractivity contribution is 1.08. The molecule has 0 aliphatic rings. The average molecular weight is 253 g/mol. The van der Waals surface area contributed by atoms with Crippen molar-refractivity contribution in [1.82, 2.24) is 9.97 Å². The van der Waals surface area contributed by atoms with Gasteiger partial charge in [-0.15, -0.1) is 0 Å². The van der Waals surface area contributed by atoms with E-state index in [4.69, 9.17) is 5.26 Å². The zero-order valence-electron chi connectivity index (χ0n) is 11.0. The van der Waals surface area contributed by atoms with E-state index in [-0.39, 0.29) is 0 Å². The van der Waals surface area contributed by atoms with Crippen LogP contribution in [0.5, 0.6) is 0 Å². The second-order valence-corrected chi connectivity index (χ2v) is 4.10. The Morgan fingerprint density at radius 2 is 2.00 bits per heavy atom. The first kappa shape index (κ1) is 12.8. The minimum atomic E-state index is 0.560. The van der Waals surface area contributed by atoms with Gasteiger partial charge in [0.1, 0.15) is 18.0 Å². The maximum atomic E-state index is 8.82. The number of benzene rings is 1. The number of aryl methyl sites for hydroxylation is 1. The zero-order chi connectivity index (χ0) is 13.7. The normalized spacial score (nSPS) is 9.74. The van der Waals surface area contributed by atoms with Crippen LogP contribution < -0.4 is 10.2 Å². The number of nitrogens with zero attached hydrogens (tertiary/aromatic N) is 4. The number of hydrogen-bond donors (Lipinski definition) is 1. The van der Waals surface area contributed by atoms with Gasteiger partial charge in [0.25, 0.3) is 0 Å². The van der Waals surface area contributed by atoms with E-state index in [1.54, 1.807) is 13.1 Å². The second-order valence-electron chi connectivity index (χ2n) is 4.10. The van der Waals surface area contributed by atoms with Crippen LogP contribution in [0.15, 0.2) is 36.7 Å². The van der Waals surface area contributed by atoms with E-state index < -0.39 is 0 Å². The molecule has 2 rings (SSSR count). The average Bonchev–Trinajstić information content (AvgIpc) is 2.47. The van der Waals surface area contributed by atoms with Crippen molar-refractivity contribution in [3.05, 3.63) is 42.2 Å². The molecule has 1 aromatic carbocycles. The molecule has 0 aliphatic carbocycles. The lowest BCUT2D eigenvalue weighted by Gasteiger charge is -2.10. The first-order valence-electron chi connectivity index (χ1n) is 6.04. The van der Waals surface area contributed by atoms with E-state index in [0.29, 0.717) is 11.6 Å². The van der Waals surface area contributed by atoms with Gasteiger partial charge in [-0.2, -0.15) is 5.26 Å². The van der Waals surface area contributed by atoms with Gasteiger partial charge in [0.15, 0.2) is 6.19 Å². The Morgan fingerprint density at radius 3 is 2.63 bits per heavy atom. The highest BCUT2D eigenvalue weighted by Gasteiger charge is 2.03. The molecule has 0 saturated carbocycles. The smallest absolute Gasteiger partial charge is 0.185 e. The van der Waals surface area contributed by atoms with Crippen LogP contribution in [0, 0.1) is 11.5 Å². The lowest BCUT2D eigenvalue weighted by atomic mass is 10.1. The monoisotopic (exact) mass is 253 g/mol. The summed E-state index contributed by atoms with van der Waals surface area (Å²) in [5, 5.41) is 12.0. The fraction of sp³-hybridized carbons (Fsp3) is 0.214. The summed E-state index contributed by atoms with van der Waals surface area (Å²) < 4.78 is 0. The molecule has 96 valence electrons. The quantitative estimate of drug-likeness (QED) is 0.670. The molecule has 0 spiro atoms.